The topological polar surface area (TPSA) is 3.88 Å². The van der Waals surface area contributed by atoms with Crippen LogP contribution in [0.4, 0.5) is 0 Å². The summed E-state index contributed by atoms with van der Waals surface area (Å²) in [6, 6.07) is 14.3. The van der Waals surface area contributed by atoms with Gasteiger partial charge in [-0.05, 0) is 85.8 Å². The summed E-state index contributed by atoms with van der Waals surface area (Å²) in [6.07, 6.45) is 7.31. The molecule has 0 amide bonds. The summed E-state index contributed by atoms with van der Waals surface area (Å²) >= 11 is 0. The predicted molar refractivity (Wildman–Crippen MR) is 123 cm³/mol. The maximum Gasteiger partial charge on any atom is 0.212 e. The van der Waals surface area contributed by atoms with E-state index >= 15 is 0 Å². The zero-order valence-corrected chi connectivity index (χ0v) is 18.1. The zero-order valence-electron chi connectivity index (χ0n) is 22.1. The zero-order chi connectivity index (χ0) is 24.0. The van der Waals surface area contributed by atoms with Crippen LogP contribution < -0.4 is 4.57 Å². The van der Waals surface area contributed by atoms with Crippen LogP contribution >= 0.6 is 0 Å². The van der Waals surface area contributed by atoms with Gasteiger partial charge in [0.2, 0.25) is 5.69 Å². The molecule has 4 rings (SSSR count). The number of benzene rings is 2. The van der Waals surface area contributed by atoms with Gasteiger partial charge in [-0.1, -0.05) is 49.1 Å². The molecule has 1 nitrogen and oxygen atoms in total. The molecule has 0 unspecified atom stereocenters. The highest BCUT2D eigenvalue weighted by Crippen LogP contribution is 2.37. The first kappa shape index (κ1) is 15.4. The molecule has 1 saturated carbocycles. The van der Waals surface area contributed by atoms with Crippen LogP contribution in [0.5, 0.6) is 0 Å². The molecule has 0 spiro atoms. The van der Waals surface area contributed by atoms with Gasteiger partial charge in [0.25, 0.3) is 0 Å². The van der Waals surface area contributed by atoms with E-state index in [4.69, 9.17) is 5.48 Å². The summed E-state index contributed by atoms with van der Waals surface area (Å²) in [4.78, 5) is 0. The van der Waals surface area contributed by atoms with Crippen molar-refractivity contribution in [2.45, 2.75) is 65.6 Å². The molecule has 0 saturated heterocycles. The first-order valence-corrected chi connectivity index (χ1v) is 10.7. The maximum absolute atomic E-state index is 9.09. The van der Waals surface area contributed by atoms with Gasteiger partial charge >= 0.3 is 0 Å². The Balaban J connectivity index is 1.89. The van der Waals surface area contributed by atoms with Gasteiger partial charge in [0.15, 0.2) is 6.20 Å². The van der Waals surface area contributed by atoms with Crippen LogP contribution in [0.25, 0.3) is 22.4 Å². The third-order valence-corrected chi connectivity index (χ3v) is 6.37. The minimum absolute atomic E-state index is 0.408. The fourth-order valence-electron chi connectivity index (χ4n) is 4.83. The molecule has 1 heteroatoms. The first-order chi connectivity index (χ1) is 15.5. The highest BCUT2D eigenvalue weighted by Gasteiger charge is 2.21. The lowest BCUT2D eigenvalue weighted by molar-refractivity contribution is -0.660. The third-order valence-electron chi connectivity index (χ3n) is 6.37. The van der Waals surface area contributed by atoms with E-state index < -0.39 is 12.7 Å². The predicted octanol–water partition coefficient (Wildman–Crippen LogP) is 7.13. The minimum Gasteiger partial charge on any atom is -0.201 e. The lowest BCUT2D eigenvalue weighted by atomic mass is 9.83. The molecule has 3 aromatic rings. The number of hydrogen-bond acceptors (Lipinski definition) is 0. The Morgan fingerprint density at radius 3 is 2.41 bits per heavy atom. The molecule has 150 valence electrons. The van der Waals surface area contributed by atoms with Crippen LogP contribution in [0, 0.1) is 27.6 Å². The number of aromatic nitrogens is 1. The van der Waals surface area contributed by atoms with E-state index in [0.29, 0.717) is 5.56 Å². The summed E-state index contributed by atoms with van der Waals surface area (Å²) in [5.74, 6) is -0.519. The second-order valence-electron chi connectivity index (χ2n) is 8.56. The quantitative estimate of drug-likeness (QED) is 0.420. The van der Waals surface area contributed by atoms with Gasteiger partial charge in [0, 0.05) is 23.2 Å². The normalized spacial score (nSPS) is 18.5. The van der Waals surface area contributed by atoms with Crippen LogP contribution in [0.3, 0.4) is 0 Å². The Hall–Kier alpha value is -2.41. The molecule has 0 bridgehead atoms. The summed E-state index contributed by atoms with van der Waals surface area (Å²) in [6.45, 7) is 3.84. The van der Waals surface area contributed by atoms with Crippen molar-refractivity contribution in [3.05, 3.63) is 76.5 Å². The Kier molecular flexibility index (Phi) is 4.33. The van der Waals surface area contributed by atoms with Crippen LogP contribution in [0.2, 0.25) is 0 Å². The van der Waals surface area contributed by atoms with Gasteiger partial charge in [0.1, 0.15) is 7.05 Å². The molecule has 1 aliphatic rings. The van der Waals surface area contributed by atoms with Crippen molar-refractivity contribution in [1.29, 1.82) is 0 Å². The second-order valence-corrected chi connectivity index (χ2v) is 8.56. The van der Waals surface area contributed by atoms with Crippen molar-refractivity contribution in [3.63, 3.8) is 0 Å². The van der Waals surface area contributed by atoms with Crippen molar-refractivity contribution in [2.75, 3.05) is 0 Å². The van der Waals surface area contributed by atoms with E-state index in [1.807, 2.05) is 33.0 Å². The maximum atomic E-state index is 9.09. The lowest BCUT2D eigenvalue weighted by Gasteiger charge is -2.22. The minimum atomic E-state index is -2.18. The molecular weight excluding hydrogens is 350 g/mol. The average Bonchev–Trinajstić information content (AvgIpc) is 2.74. The third kappa shape index (κ3) is 3.88. The lowest BCUT2D eigenvalue weighted by Crippen LogP contribution is -2.31. The van der Waals surface area contributed by atoms with Crippen molar-refractivity contribution in [2.24, 2.45) is 7.05 Å². The van der Waals surface area contributed by atoms with Gasteiger partial charge < -0.3 is 0 Å². The fourth-order valence-corrected chi connectivity index (χ4v) is 4.83. The Morgan fingerprint density at radius 1 is 0.931 bits per heavy atom. The average molecular weight is 389 g/mol. The molecule has 1 heterocycles. The summed E-state index contributed by atoms with van der Waals surface area (Å²) in [7, 11) is 2.04. The van der Waals surface area contributed by atoms with Gasteiger partial charge in [-0.3, -0.25) is 0 Å². The van der Waals surface area contributed by atoms with Crippen molar-refractivity contribution in [3.8, 4) is 22.4 Å². The largest absolute Gasteiger partial charge is 0.212 e. The van der Waals surface area contributed by atoms with Gasteiger partial charge in [-0.2, -0.15) is 0 Å². The van der Waals surface area contributed by atoms with Crippen LogP contribution in [0.1, 0.15) is 71.3 Å². The smallest absolute Gasteiger partial charge is 0.201 e. The van der Waals surface area contributed by atoms with E-state index in [1.165, 1.54) is 6.42 Å². The van der Waals surface area contributed by atoms with Crippen LogP contribution in [-0.4, -0.2) is 0 Å². The number of rotatable bonds is 3. The SMILES string of the molecule is [2H]C([2H])([2H])c1cc(C)cc(C)c1-c1cccc(-c2cc(C3([2H])CCCCC3)cc[n+]2C)c1C. The molecule has 0 aliphatic heterocycles. The van der Waals surface area contributed by atoms with E-state index in [-0.39, 0.29) is 0 Å². The highest BCUT2D eigenvalue weighted by molar-refractivity contribution is 5.80. The fraction of sp³-hybridized carbons (Fsp3) is 0.393. The van der Waals surface area contributed by atoms with Gasteiger partial charge in [0.05, 0.1) is 0 Å². The molecule has 1 aromatic heterocycles. The molecule has 1 aliphatic carbocycles. The molecule has 0 radical (unpaired) electrons. The number of pyridine rings is 1. The monoisotopic (exact) mass is 388 g/mol. The molecule has 1 fully saturated rings. The van der Waals surface area contributed by atoms with Crippen LogP contribution in [0.15, 0.2) is 48.7 Å². The molecule has 2 aromatic carbocycles. The van der Waals surface area contributed by atoms with Crippen molar-refractivity contribution in [1.82, 2.24) is 0 Å². The van der Waals surface area contributed by atoms with Crippen LogP contribution in [-0.2, 0) is 7.05 Å². The van der Waals surface area contributed by atoms with Crippen molar-refractivity contribution < 1.29 is 10.1 Å². The van der Waals surface area contributed by atoms with E-state index in [1.54, 1.807) is 6.07 Å². The number of nitrogens with zero attached hydrogens (tertiary/aromatic N) is 1. The first-order valence-electron chi connectivity index (χ1n) is 12.7. The van der Waals surface area contributed by atoms with E-state index in [2.05, 4.69) is 42.0 Å². The second kappa shape index (κ2) is 8.14. The molecule has 29 heavy (non-hydrogen) atoms. The van der Waals surface area contributed by atoms with Crippen molar-refractivity contribution >= 4 is 0 Å². The summed E-state index contributed by atoms with van der Waals surface area (Å²) < 4.78 is 35.7. The summed E-state index contributed by atoms with van der Waals surface area (Å²) in [5.41, 5.74) is 8.39. The van der Waals surface area contributed by atoms with Gasteiger partial charge in [-0.25, -0.2) is 4.57 Å². The Morgan fingerprint density at radius 2 is 1.66 bits per heavy atom. The standard InChI is InChI=1S/C28H34N/c1-19-16-20(2)28(21(3)17-19)26-13-9-12-25(22(26)4)27-18-24(14-15-29(27)5)23-10-7-6-8-11-23/h9,12-18,23H,6-8,10-11H2,1-5H3/q+1/i2D3,23D. The van der Waals surface area contributed by atoms with Gasteiger partial charge in [-0.15, -0.1) is 0 Å². The Labute approximate surface area is 182 Å². The molecule has 0 atom stereocenters. The van der Waals surface area contributed by atoms with E-state index in [0.717, 1.165) is 70.3 Å². The highest BCUT2D eigenvalue weighted by atomic mass is 14.9. The molecule has 0 N–H and O–H groups in total. The Bertz CT molecular complexity index is 1190. The number of aryl methyl sites for hydroxylation is 4. The number of hydrogen-bond donors (Lipinski definition) is 0. The van der Waals surface area contributed by atoms with E-state index in [9.17, 15) is 0 Å². The summed E-state index contributed by atoms with van der Waals surface area (Å²) in [5, 5.41) is 0. The molecular formula is C28H34N+.